The fourth-order valence-corrected chi connectivity index (χ4v) is 4.90. The molecular formula is C17H14BrNOS. The van der Waals surface area contributed by atoms with Gasteiger partial charge in [0.25, 0.3) is 0 Å². The van der Waals surface area contributed by atoms with E-state index in [4.69, 9.17) is 4.74 Å². The Kier molecular flexibility index (Phi) is 3.05. The molecule has 0 saturated carbocycles. The Morgan fingerprint density at radius 1 is 1.24 bits per heavy atom. The van der Waals surface area contributed by atoms with Gasteiger partial charge in [-0.3, -0.25) is 0 Å². The highest BCUT2D eigenvalue weighted by Crippen LogP contribution is 2.48. The summed E-state index contributed by atoms with van der Waals surface area (Å²) in [6, 6.07) is 12.7. The smallest absolute Gasteiger partial charge is 0.119 e. The van der Waals surface area contributed by atoms with Crippen LogP contribution in [0.3, 0.4) is 0 Å². The third-order valence-electron chi connectivity index (χ3n) is 4.10. The molecule has 0 radical (unpaired) electrons. The molecular weight excluding hydrogens is 346 g/mol. The molecule has 0 N–H and O–H groups in total. The van der Waals surface area contributed by atoms with Crippen LogP contribution >= 0.6 is 27.7 Å². The Labute approximate surface area is 136 Å². The molecule has 106 valence electrons. The zero-order valence-corrected chi connectivity index (χ0v) is 14.2. The Hall–Kier alpha value is -1.39. The van der Waals surface area contributed by atoms with Crippen molar-refractivity contribution in [1.29, 1.82) is 0 Å². The molecule has 0 amide bonds. The summed E-state index contributed by atoms with van der Waals surface area (Å²) in [4.78, 5) is 1.34. The van der Waals surface area contributed by atoms with Crippen LogP contribution in [0.15, 0.2) is 45.8 Å². The lowest BCUT2D eigenvalue weighted by atomic mass is 10.1. The number of thioether (sulfide) groups is 1. The molecule has 4 heteroatoms. The molecule has 0 saturated heterocycles. The van der Waals surface area contributed by atoms with Crippen molar-refractivity contribution < 1.29 is 4.74 Å². The summed E-state index contributed by atoms with van der Waals surface area (Å²) in [5.41, 5.74) is 5.28. The highest BCUT2D eigenvalue weighted by molar-refractivity contribution is 9.10. The van der Waals surface area contributed by atoms with E-state index in [0.717, 1.165) is 16.0 Å². The Morgan fingerprint density at radius 2 is 2.10 bits per heavy atom. The van der Waals surface area contributed by atoms with Crippen LogP contribution in [0.4, 0.5) is 0 Å². The van der Waals surface area contributed by atoms with Crippen LogP contribution < -0.4 is 4.74 Å². The van der Waals surface area contributed by atoms with Gasteiger partial charge in [-0.25, -0.2) is 0 Å². The number of rotatable bonds is 1. The first-order valence-corrected chi connectivity index (χ1v) is 8.55. The lowest BCUT2D eigenvalue weighted by molar-refractivity contribution is 0.415. The molecule has 2 heterocycles. The molecule has 0 bridgehead atoms. The van der Waals surface area contributed by atoms with E-state index in [1.54, 1.807) is 7.11 Å². The monoisotopic (exact) mass is 359 g/mol. The molecule has 21 heavy (non-hydrogen) atoms. The summed E-state index contributed by atoms with van der Waals surface area (Å²) >= 11 is 5.62. The molecule has 2 nitrogen and oxygen atoms in total. The standard InChI is InChI=1S/C17H14BrNOS/c1-19-14-7-6-10(20-2)8-11(14)12-9-21-15-5-3-4-13(18)16(15)17(12)19/h3-8H,9H2,1-2H3. The number of aryl methyl sites for hydroxylation is 1. The van der Waals surface area contributed by atoms with Gasteiger partial charge in [-0.2, -0.15) is 0 Å². The second-order valence-corrected chi connectivity index (χ2v) is 7.04. The van der Waals surface area contributed by atoms with Crippen molar-refractivity contribution >= 4 is 38.6 Å². The van der Waals surface area contributed by atoms with E-state index < -0.39 is 0 Å². The van der Waals surface area contributed by atoms with Gasteiger partial charge in [0.05, 0.1) is 12.8 Å². The number of nitrogens with zero attached hydrogens (tertiary/aromatic N) is 1. The van der Waals surface area contributed by atoms with Gasteiger partial charge >= 0.3 is 0 Å². The number of fused-ring (bicyclic) bond motifs is 5. The van der Waals surface area contributed by atoms with Gasteiger partial charge in [-0.1, -0.05) is 22.0 Å². The molecule has 0 spiro atoms. The Balaban J connectivity index is 2.11. The van der Waals surface area contributed by atoms with Crippen molar-refractivity contribution in [3.05, 3.63) is 46.4 Å². The van der Waals surface area contributed by atoms with E-state index >= 15 is 0 Å². The highest BCUT2D eigenvalue weighted by Gasteiger charge is 2.25. The average Bonchev–Trinajstić information content (AvgIpc) is 2.80. The fraction of sp³-hybridized carbons (Fsp3) is 0.176. The molecule has 0 atom stereocenters. The molecule has 0 unspecified atom stereocenters. The Morgan fingerprint density at radius 3 is 2.90 bits per heavy atom. The van der Waals surface area contributed by atoms with Gasteiger partial charge in [-0.05, 0) is 35.9 Å². The molecule has 0 fully saturated rings. The van der Waals surface area contributed by atoms with Crippen LogP contribution in [-0.4, -0.2) is 11.7 Å². The van der Waals surface area contributed by atoms with E-state index in [1.807, 2.05) is 17.8 Å². The summed E-state index contributed by atoms with van der Waals surface area (Å²) in [7, 11) is 3.87. The molecule has 2 aromatic carbocycles. The molecule has 4 rings (SSSR count). The first-order chi connectivity index (χ1) is 10.2. The molecule has 1 aromatic heterocycles. The number of hydrogen-bond acceptors (Lipinski definition) is 2. The van der Waals surface area contributed by atoms with E-state index in [0.29, 0.717) is 0 Å². The number of benzene rings is 2. The number of halogens is 1. The fourth-order valence-electron chi connectivity index (χ4n) is 3.10. The van der Waals surface area contributed by atoms with Crippen molar-refractivity contribution in [2.45, 2.75) is 10.6 Å². The predicted molar refractivity (Wildman–Crippen MR) is 92.2 cm³/mol. The minimum Gasteiger partial charge on any atom is -0.497 e. The number of aromatic nitrogens is 1. The lowest BCUT2D eigenvalue weighted by Gasteiger charge is -2.19. The van der Waals surface area contributed by atoms with Gasteiger partial charge in [0.15, 0.2) is 0 Å². The van der Waals surface area contributed by atoms with Crippen LogP contribution in [0.5, 0.6) is 5.75 Å². The third-order valence-corrected chi connectivity index (χ3v) is 5.84. The van der Waals surface area contributed by atoms with Crippen LogP contribution in [0.25, 0.3) is 22.2 Å². The third kappa shape index (κ3) is 1.86. The Bertz CT molecular complexity index is 869. The second kappa shape index (κ2) is 4.82. The molecule has 0 aliphatic carbocycles. The normalized spacial score (nSPS) is 13.1. The van der Waals surface area contributed by atoms with Crippen LogP contribution in [-0.2, 0) is 12.8 Å². The van der Waals surface area contributed by atoms with Gasteiger partial charge in [0, 0.05) is 38.6 Å². The SMILES string of the molecule is COc1ccc2c(c1)c1c(n2C)-c2c(Br)cccc2SC1. The van der Waals surface area contributed by atoms with Crippen molar-refractivity contribution in [3.8, 4) is 17.0 Å². The van der Waals surface area contributed by atoms with Crippen molar-refractivity contribution in [1.82, 2.24) is 4.57 Å². The van der Waals surface area contributed by atoms with E-state index in [2.05, 4.69) is 57.9 Å². The molecule has 1 aliphatic heterocycles. The largest absolute Gasteiger partial charge is 0.497 e. The summed E-state index contributed by atoms with van der Waals surface area (Å²) in [5.74, 6) is 1.92. The van der Waals surface area contributed by atoms with E-state index in [-0.39, 0.29) is 0 Å². The predicted octanol–water partition coefficient (Wildman–Crippen LogP) is 5.22. The van der Waals surface area contributed by atoms with Gasteiger partial charge in [-0.15, -0.1) is 11.8 Å². The quantitative estimate of drug-likeness (QED) is 0.591. The van der Waals surface area contributed by atoms with E-state index in [1.165, 1.54) is 32.6 Å². The summed E-state index contributed by atoms with van der Waals surface area (Å²) in [6.45, 7) is 0. The molecule has 1 aliphatic rings. The van der Waals surface area contributed by atoms with Crippen LogP contribution in [0, 0.1) is 0 Å². The maximum absolute atomic E-state index is 5.39. The first-order valence-electron chi connectivity index (χ1n) is 6.77. The maximum atomic E-state index is 5.39. The zero-order chi connectivity index (χ0) is 14.6. The zero-order valence-electron chi connectivity index (χ0n) is 11.8. The minimum absolute atomic E-state index is 0.916. The van der Waals surface area contributed by atoms with Crippen molar-refractivity contribution in [2.75, 3.05) is 7.11 Å². The maximum Gasteiger partial charge on any atom is 0.119 e. The minimum atomic E-state index is 0.916. The first kappa shape index (κ1) is 13.3. The summed E-state index contributed by atoms with van der Waals surface area (Å²) < 4.78 is 8.85. The number of methoxy groups -OCH3 is 1. The average molecular weight is 360 g/mol. The second-order valence-electron chi connectivity index (χ2n) is 5.17. The number of ether oxygens (including phenoxy) is 1. The summed E-state index contributed by atoms with van der Waals surface area (Å²) in [6.07, 6.45) is 0. The number of hydrogen-bond donors (Lipinski definition) is 0. The van der Waals surface area contributed by atoms with Crippen molar-refractivity contribution in [3.63, 3.8) is 0 Å². The van der Waals surface area contributed by atoms with Gasteiger partial charge in [0.2, 0.25) is 0 Å². The van der Waals surface area contributed by atoms with Crippen molar-refractivity contribution in [2.24, 2.45) is 7.05 Å². The van der Waals surface area contributed by atoms with Gasteiger partial charge in [0.1, 0.15) is 5.75 Å². The molecule has 3 aromatic rings. The summed E-state index contributed by atoms with van der Waals surface area (Å²) in [5, 5.41) is 1.29. The topological polar surface area (TPSA) is 14.2 Å². The van der Waals surface area contributed by atoms with Crippen LogP contribution in [0.1, 0.15) is 5.56 Å². The lowest BCUT2D eigenvalue weighted by Crippen LogP contribution is -2.00. The van der Waals surface area contributed by atoms with E-state index in [9.17, 15) is 0 Å². The highest BCUT2D eigenvalue weighted by atomic mass is 79.9. The van der Waals surface area contributed by atoms with Crippen LogP contribution in [0.2, 0.25) is 0 Å². The van der Waals surface area contributed by atoms with Gasteiger partial charge < -0.3 is 9.30 Å².